The summed E-state index contributed by atoms with van der Waals surface area (Å²) in [4.78, 5) is 2.39. The zero-order valence-corrected chi connectivity index (χ0v) is 12.8. The standard InChI is InChI=1S/C18H23N3/c1-15-5-2-3-7-18(15)17-8-11-21(12-9-17)14-16(13-20)6-4-10-19/h2-3,5,7,16-17H,4,6,8-9,11-12,14H2,1H3. The minimum Gasteiger partial charge on any atom is -0.302 e. The van der Waals surface area contributed by atoms with E-state index >= 15 is 0 Å². The summed E-state index contributed by atoms with van der Waals surface area (Å²) < 4.78 is 0. The Hall–Kier alpha value is -1.84. The number of hydrogen-bond acceptors (Lipinski definition) is 3. The smallest absolute Gasteiger partial charge is 0.0669 e. The Bertz CT molecular complexity index is 530. The van der Waals surface area contributed by atoms with Crippen LogP contribution in [0.15, 0.2) is 24.3 Å². The van der Waals surface area contributed by atoms with E-state index in [-0.39, 0.29) is 5.92 Å². The number of piperidine rings is 1. The Morgan fingerprint density at radius 3 is 2.57 bits per heavy atom. The molecular formula is C18H23N3. The SMILES string of the molecule is Cc1ccccc1C1CCN(CC(C#N)CCC#N)CC1. The number of benzene rings is 1. The fourth-order valence-electron chi connectivity index (χ4n) is 3.22. The lowest BCUT2D eigenvalue weighted by atomic mass is 9.86. The Balaban J connectivity index is 1.85. The highest BCUT2D eigenvalue weighted by molar-refractivity contribution is 5.29. The molecule has 1 atom stereocenters. The van der Waals surface area contributed by atoms with Gasteiger partial charge in [0.2, 0.25) is 0 Å². The lowest BCUT2D eigenvalue weighted by Crippen LogP contribution is -2.36. The predicted octanol–water partition coefficient (Wildman–Crippen LogP) is 3.62. The van der Waals surface area contributed by atoms with Gasteiger partial charge < -0.3 is 4.90 Å². The van der Waals surface area contributed by atoms with E-state index < -0.39 is 0 Å². The molecule has 0 aromatic heterocycles. The number of aryl methyl sites for hydroxylation is 1. The topological polar surface area (TPSA) is 50.8 Å². The fourth-order valence-corrected chi connectivity index (χ4v) is 3.22. The Labute approximate surface area is 127 Å². The predicted molar refractivity (Wildman–Crippen MR) is 83.5 cm³/mol. The first kappa shape index (κ1) is 15.5. The molecule has 0 N–H and O–H groups in total. The van der Waals surface area contributed by atoms with Crippen LogP contribution in [0.1, 0.15) is 42.7 Å². The minimum atomic E-state index is -0.000314. The molecule has 0 amide bonds. The third-order valence-corrected chi connectivity index (χ3v) is 4.48. The average molecular weight is 281 g/mol. The average Bonchev–Trinajstić information content (AvgIpc) is 2.52. The van der Waals surface area contributed by atoms with Crippen molar-refractivity contribution in [3.05, 3.63) is 35.4 Å². The largest absolute Gasteiger partial charge is 0.302 e. The van der Waals surface area contributed by atoms with Crippen molar-refractivity contribution in [2.75, 3.05) is 19.6 Å². The van der Waals surface area contributed by atoms with Gasteiger partial charge in [0.15, 0.2) is 0 Å². The van der Waals surface area contributed by atoms with E-state index in [0.29, 0.717) is 18.8 Å². The van der Waals surface area contributed by atoms with Gasteiger partial charge in [-0.25, -0.2) is 0 Å². The second-order valence-corrected chi connectivity index (χ2v) is 5.95. The zero-order chi connectivity index (χ0) is 15.1. The molecule has 3 nitrogen and oxygen atoms in total. The van der Waals surface area contributed by atoms with Gasteiger partial charge in [0.25, 0.3) is 0 Å². The van der Waals surface area contributed by atoms with Crippen molar-refractivity contribution in [2.45, 2.75) is 38.5 Å². The third kappa shape index (κ3) is 4.31. The van der Waals surface area contributed by atoms with Gasteiger partial charge in [-0.1, -0.05) is 24.3 Å². The Morgan fingerprint density at radius 2 is 1.95 bits per heavy atom. The molecule has 0 radical (unpaired) electrons. The molecule has 0 bridgehead atoms. The maximum absolute atomic E-state index is 9.16. The van der Waals surface area contributed by atoms with Gasteiger partial charge >= 0.3 is 0 Å². The molecule has 3 heteroatoms. The van der Waals surface area contributed by atoms with Gasteiger partial charge in [0.1, 0.15) is 0 Å². The molecule has 1 aliphatic rings. The maximum Gasteiger partial charge on any atom is 0.0669 e. The summed E-state index contributed by atoms with van der Waals surface area (Å²) in [5.41, 5.74) is 2.87. The lowest BCUT2D eigenvalue weighted by molar-refractivity contribution is 0.193. The van der Waals surface area contributed by atoms with Crippen LogP contribution >= 0.6 is 0 Å². The van der Waals surface area contributed by atoms with Crippen LogP contribution in [-0.4, -0.2) is 24.5 Å². The van der Waals surface area contributed by atoms with Crippen LogP contribution in [0, 0.1) is 35.5 Å². The fraction of sp³-hybridized carbons (Fsp3) is 0.556. The van der Waals surface area contributed by atoms with E-state index in [1.165, 1.54) is 24.0 Å². The summed E-state index contributed by atoms with van der Waals surface area (Å²) in [5, 5.41) is 17.8. The summed E-state index contributed by atoms with van der Waals surface area (Å²) in [6.45, 7) is 5.13. The monoisotopic (exact) mass is 281 g/mol. The molecule has 0 aliphatic carbocycles. The van der Waals surface area contributed by atoms with Crippen molar-refractivity contribution < 1.29 is 0 Å². The molecule has 1 aliphatic heterocycles. The van der Waals surface area contributed by atoms with Crippen molar-refractivity contribution in [1.29, 1.82) is 10.5 Å². The molecule has 2 rings (SSSR count). The van der Waals surface area contributed by atoms with Crippen LogP contribution in [0.4, 0.5) is 0 Å². The normalized spacial score (nSPS) is 17.9. The molecule has 1 aromatic rings. The van der Waals surface area contributed by atoms with Crippen molar-refractivity contribution >= 4 is 0 Å². The van der Waals surface area contributed by atoms with Gasteiger partial charge in [-0.15, -0.1) is 0 Å². The summed E-state index contributed by atoms with van der Waals surface area (Å²) >= 11 is 0. The molecule has 1 heterocycles. The van der Waals surface area contributed by atoms with Gasteiger partial charge in [0, 0.05) is 13.0 Å². The number of nitriles is 2. The third-order valence-electron chi connectivity index (χ3n) is 4.48. The van der Waals surface area contributed by atoms with Crippen LogP contribution in [0.25, 0.3) is 0 Å². The highest BCUT2D eigenvalue weighted by Crippen LogP contribution is 2.30. The van der Waals surface area contributed by atoms with Gasteiger partial charge in [-0.2, -0.15) is 10.5 Å². The van der Waals surface area contributed by atoms with Crippen molar-refractivity contribution in [1.82, 2.24) is 4.90 Å². The van der Waals surface area contributed by atoms with Crippen molar-refractivity contribution in [2.24, 2.45) is 5.92 Å². The summed E-state index contributed by atoms with van der Waals surface area (Å²) in [6, 6.07) is 13.1. The van der Waals surface area contributed by atoms with E-state index in [9.17, 15) is 0 Å². The molecular weight excluding hydrogens is 258 g/mol. The Morgan fingerprint density at radius 1 is 1.24 bits per heavy atom. The highest BCUT2D eigenvalue weighted by atomic mass is 15.1. The van der Waals surface area contributed by atoms with Crippen LogP contribution in [0.2, 0.25) is 0 Å². The quantitative estimate of drug-likeness (QED) is 0.828. The van der Waals surface area contributed by atoms with Crippen molar-refractivity contribution in [3.63, 3.8) is 0 Å². The van der Waals surface area contributed by atoms with Crippen LogP contribution in [-0.2, 0) is 0 Å². The van der Waals surface area contributed by atoms with Crippen LogP contribution in [0.5, 0.6) is 0 Å². The first-order valence-corrected chi connectivity index (χ1v) is 7.79. The summed E-state index contributed by atoms with van der Waals surface area (Å²) in [6.07, 6.45) is 3.52. The molecule has 21 heavy (non-hydrogen) atoms. The van der Waals surface area contributed by atoms with E-state index in [1.54, 1.807) is 0 Å². The van der Waals surface area contributed by atoms with Gasteiger partial charge in [-0.05, 0) is 56.3 Å². The molecule has 110 valence electrons. The van der Waals surface area contributed by atoms with E-state index in [2.05, 4.69) is 48.2 Å². The Kier molecular flexibility index (Phi) is 5.78. The van der Waals surface area contributed by atoms with E-state index in [0.717, 1.165) is 19.6 Å². The molecule has 1 unspecified atom stereocenters. The molecule has 1 saturated heterocycles. The summed E-state index contributed by atoms with van der Waals surface area (Å²) in [7, 11) is 0. The second-order valence-electron chi connectivity index (χ2n) is 5.95. The second kappa shape index (κ2) is 7.81. The number of likely N-dealkylation sites (tertiary alicyclic amines) is 1. The maximum atomic E-state index is 9.16. The van der Waals surface area contributed by atoms with Gasteiger partial charge in [-0.3, -0.25) is 0 Å². The summed E-state index contributed by atoms with van der Waals surface area (Å²) in [5.74, 6) is 0.654. The first-order chi connectivity index (χ1) is 10.2. The number of rotatable bonds is 5. The molecule has 1 fully saturated rings. The van der Waals surface area contributed by atoms with Crippen LogP contribution < -0.4 is 0 Å². The van der Waals surface area contributed by atoms with E-state index in [4.69, 9.17) is 10.5 Å². The molecule has 1 aromatic carbocycles. The minimum absolute atomic E-state index is 0.000314. The number of nitrogens with zero attached hydrogens (tertiary/aromatic N) is 3. The molecule has 0 saturated carbocycles. The zero-order valence-electron chi connectivity index (χ0n) is 12.8. The van der Waals surface area contributed by atoms with Gasteiger partial charge in [0.05, 0.1) is 18.1 Å². The highest BCUT2D eigenvalue weighted by Gasteiger charge is 2.23. The van der Waals surface area contributed by atoms with Crippen LogP contribution in [0.3, 0.4) is 0 Å². The van der Waals surface area contributed by atoms with Crippen molar-refractivity contribution in [3.8, 4) is 12.1 Å². The number of hydrogen-bond donors (Lipinski definition) is 0. The molecule has 0 spiro atoms. The lowest BCUT2D eigenvalue weighted by Gasteiger charge is -2.33. The first-order valence-electron chi connectivity index (χ1n) is 7.79. The van der Waals surface area contributed by atoms with E-state index in [1.807, 2.05) is 0 Å².